The van der Waals surface area contributed by atoms with Crippen LogP contribution in [0.5, 0.6) is 0 Å². The SMILES string of the molecule is CCCC[P+](CCCC)(CCCC)Cc1cccc(CCl)c1. The first-order valence-corrected chi connectivity index (χ1v) is 12.2. The molecule has 22 heavy (non-hydrogen) atoms. The summed E-state index contributed by atoms with van der Waals surface area (Å²) < 4.78 is 0. The van der Waals surface area contributed by atoms with Gasteiger partial charge in [-0.25, -0.2) is 0 Å². The van der Waals surface area contributed by atoms with E-state index in [4.69, 9.17) is 11.6 Å². The summed E-state index contributed by atoms with van der Waals surface area (Å²) in [6.07, 6.45) is 14.1. The summed E-state index contributed by atoms with van der Waals surface area (Å²) in [5, 5.41) is 0. The molecule has 0 aliphatic rings. The van der Waals surface area contributed by atoms with E-state index in [-0.39, 0.29) is 0 Å². The van der Waals surface area contributed by atoms with Crippen molar-refractivity contribution in [2.75, 3.05) is 18.5 Å². The van der Waals surface area contributed by atoms with E-state index in [0.29, 0.717) is 5.88 Å². The highest BCUT2D eigenvalue weighted by atomic mass is 35.5. The third-order valence-corrected chi connectivity index (χ3v) is 9.76. The number of hydrogen-bond donors (Lipinski definition) is 0. The normalized spacial score (nSPS) is 11.8. The van der Waals surface area contributed by atoms with Gasteiger partial charge in [0.2, 0.25) is 0 Å². The van der Waals surface area contributed by atoms with Crippen molar-refractivity contribution in [2.45, 2.75) is 71.3 Å². The maximum atomic E-state index is 6.03. The van der Waals surface area contributed by atoms with Gasteiger partial charge >= 0.3 is 0 Å². The van der Waals surface area contributed by atoms with E-state index in [1.54, 1.807) is 0 Å². The average Bonchev–Trinajstić information content (AvgIpc) is 2.56. The highest BCUT2D eigenvalue weighted by Crippen LogP contribution is 2.63. The summed E-state index contributed by atoms with van der Waals surface area (Å²) in [6, 6.07) is 9.03. The van der Waals surface area contributed by atoms with E-state index in [1.807, 2.05) is 0 Å². The second kappa shape index (κ2) is 11.5. The first kappa shape index (κ1) is 20.0. The van der Waals surface area contributed by atoms with Crippen LogP contribution in [0.3, 0.4) is 0 Å². The molecule has 0 spiro atoms. The van der Waals surface area contributed by atoms with Crippen molar-refractivity contribution in [3.05, 3.63) is 35.4 Å². The maximum Gasteiger partial charge on any atom is 0.0843 e. The third kappa shape index (κ3) is 7.01. The van der Waals surface area contributed by atoms with Crippen molar-refractivity contribution in [2.24, 2.45) is 0 Å². The molecule has 0 N–H and O–H groups in total. The number of halogens is 1. The van der Waals surface area contributed by atoms with E-state index >= 15 is 0 Å². The number of hydrogen-bond acceptors (Lipinski definition) is 0. The van der Waals surface area contributed by atoms with E-state index in [0.717, 1.165) is 0 Å². The molecule has 0 bridgehead atoms. The summed E-state index contributed by atoms with van der Waals surface area (Å²) in [4.78, 5) is 0. The summed E-state index contributed by atoms with van der Waals surface area (Å²) in [5.74, 6) is 0.637. The Morgan fingerprint density at radius 3 is 1.77 bits per heavy atom. The van der Waals surface area contributed by atoms with Crippen molar-refractivity contribution in [3.63, 3.8) is 0 Å². The molecule has 0 amide bonds. The fourth-order valence-electron chi connectivity index (χ4n) is 3.25. The van der Waals surface area contributed by atoms with Crippen LogP contribution in [0.15, 0.2) is 24.3 Å². The van der Waals surface area contributed by atoms with E-state index in [2.05, 4.69) is 45.0 Å². The topological polar surface area (TPSA) is 0 Å². The predicted octanol–water partition coefficient (Wildman–Crippen LogP) is 7.34. The van der Waals surface area contributed by atoms with Crippen LogP contribution in [0, 0.1) is 0 Å². The van der Waals surface area contributed by atoms with Crippen LogP contribution in [-0.2, 0) is 12.0 Å². The van der Waals surface area contributed by atoms with Crippen molar-refractivity contribution in [1.29, 1.82) is 0 Å². The minimum Gasteiger partial charge on any atom is -0.122 e. The van der Waals surface area contributed by atoms with Crippen molar-refractivity contribution in [3.8, 4) is 0 Å². The van der Waals surface area contributed by atoms with Crippen LogP contribution >= 0.6 is 18.9 Å². The van der Waals surface area contributed by atoms with Crippen LogP contribution in [-0.4, -0.2) is 18.5 Å². The molecule has 0 unspecified atom stereocenters. The summed E-state index contributed by atoms with van der Waals surface area (Å²) in [6.45, 7) is 7.01. The smallest absolute Gasteiger partial charge is 0.0843 e. The van der Waals surface area contributed by atoms with Gasteiger partial charge < -0.3 is 0 Å². The van der Waals surface area contributed by atoms with Crippen molar-refractivity contribution in [1.82, 2.24) is 0 Å². The molecule has 0 radical (unpaired) electrons. The third-order valence-electron chi connectivity index (χ3n) is 4.62. The molecule has 1 rings (SSSR count). The van der Waals surface area contributed by atoms with Gasteiger partial charge in [0.15, 0.2) is 0 Å². The van der Waals surface area contributed by atoms with Crippen LogP contribution in [0.1, 0.15) is 70.4 Å². The van der Waals surface area contributed by atoms with Gasteiger partial charge in [-0.05, 0) is 30.4 Å². The summed E-state index contributed by atoms with van der Waals surface area (Å²) >= 11 is 6.03. The Morgan fingerprint density at radius 1 is 0.818 bits per heavy atom. The highest BCUT2D eigenvalue weighted by molar-refractivity contribution is 7.75. The van der Waals surface area contributed by atoms with Gasteiger partial charge in [-0.3, -0.25) is 0 Å². The summed E-state index contributed by atoms with van der Waals surface area (Å²) in [7, 11) is -0.841. The molecule has 0 saturated heterocycles. The van der Waals surface area contributed by atoms with Gasteiger partial charge in [0.25, 0.3) is 0 Å². The van der Waals surface area contributed by atoms with Gasteiger partial charge in [-0.2, -0.15) is 0 Å². The monoisotopic (exact) mass is 341 g/mol. The number of unbranched alkanes of at least 4 members (excludes halogenated alkanes) is 3. The first-order chi connectivity index (χ1) is 10.7. The quantitative estimate of drug-likeness (QED) is 0.275. The van der Waals surface area contributed by atoms with Gasteiger partial charge in [0.1, 0.15) is 0 Å². The molecule has 0 nitrogen and oxygen atoms in total. The van der Waals surface area contributed by atoms with E-state index < -0.39 is 7.26 Å². The molecular weight excluding hydrogens is 307 g/mol. The van der Waals surface area contributed by atoms with Crippen LogP contribution < -0.4 is 0 Å². The van der Waals surface area contributed by atoms with E-state index in [9.17, 15) is 0 Å². The van der Waals surface area contributed by atoms with Crippen LogP contribution in [0.2, 0.25) is 0 Å². The largest absolute Gasteiger partial charge is 0.122 e. The molecule has 0 saturated carbocycles. The minimum atomic E-state index is -0.841. The zero-order valence-corrected chi connectivity index (χ0v) is 16.6. The second-order valence-electron chi connectivity index (χ2n) is 6.68. The molecule has 0 atom stereocenters. The van der Waals surface area contributed by atoms with E-state index in [1.165, 1.54) is 74.3 Å². The molecule has 0 aliphatic heterocycles. The molecule has 0 heterocycles. The highest BCUT2D eigenvalue weighted by Gasteiger charge is 2.35. The molecular formula is C20H35ClP+. The van der Waals surface area contributed by atoms with Crippen molar-refractivity contribution < 1.29 is 0 Å². The molecule has 0 aromatic heterocycles. The zero-order valence-electron chi connectivity index (χ0n) is 14.9. The maximum absolute atomic E-state index is 6.03. The van der Waals surface area contributed by atoms with Crippen LogP contribution in [0.4, 0.5) is 0 Å². The molecule has 2 heteroatoms. The number of alkyl halides is 1. The number of benzene rings is 1. The average molecular weight is 342 g/mol. The minimum absolute atomic E-state index is 0.637. The standard InChI is InChI=1S/C20H35ClP/c1-4-7-13-22(14-8-5-2,15-9-6-3)18-20-12-10-11-19(16-20)17-21/h10-12,16H,4-9,13-15,17-18H2,1-3H3/q+1. The second-order valence-corrected chi connectivity index (χ2v) is 11.3. The van der Waals surface area contributed by atoms with Gasteiger partial charge in [0.05, 0.1) is 24.6 Å². The Hall–Kier alpha value is -0.0600. The predicted molar refractivity (Wildman–Crippen MR) is 106 cm³/mol. The Kier molecular flexibility index (Phi) is 10.4. The number of rotatable bonds is 12. The lowest BCUT2D eigenvalue weighted by Crippen LogP contribution is -2.11. The molecule has 1 aromatic rings. The van der Waals surface area contributed by atoms with Crippen LogP contribution in [0.25, 0.3) is 0 Å². The van der Waals surface area contributed by atoms with Gasteiger partial charge in [0, 0.05) is 13.1 Å². The molecule has 0 aliphatic carbocycles. The lowest BCUT2D eigenvalue weighted by Gasteiger charge is -2.28. The Bertz CT molecular complexity index is 381. The Balaban J connectivity index is 2.92. The lowest BCUT2D eigenvalue weighted by atomic mass is 10.2. The molecule has 126 valence electrons. The fourth-order valence-corrected chi connectivity index (χ4v) is 8.50. The first-order valence-electron chi connectivity index (χ1n) is 9.18. The van der Waals surface area contributed by atoms with Crippen molar-refractivity contribution >= 4 is 18.9 Å². The summed E-state index contributed by atoms with van der Waals surface area (Å²) in [5.41, 5.74) is 2.81. The fraction of sp³-hybridized carbons (Fsp3) is 0.700. The zero-order chi connectivity index (χ0) is 16.3. The Labute approximate surface area is 144 Å². The molecule has 1 aromatic carbocycles. The lowest BCUT2D eigenvalue weighted by molar-refractivity contribution is 0.832. The van der Waals surface area contributed by atoms with Gasteiger partial charge in [-0.15, -0.1) is 11.6 Å². The molecule has 0 fully saturated rings. The van der Waals surface area contributed by atoms with Gasteiger partial charge in [-0.1, -0.05) is 64.3 Å². The Morgan fingerprint density at radius 2 is 1.32 bits per heavy atom.